The number of rotatable bonds is 5. The van der Waals surface area contributed by atoms with E-state index in [4.69, 9.17) is 0 Å². The summed E-state index contributed by atoms with van der Waals surface area (Å²) >= 11 is 3.31. The molecule has 2 amide bonds. The number of benzene rings is 1. The minimum Gasteiger partial charge on any atom is -0.335 e. The smallest absolute Gasteiger partial charge is 0.315 e. The molecule has 2 rings (SSSR count). The van der Waals surface area contributed by atoms with Gasteiger partial charge in [0.15, 0.2) is 0 Å². The van der Waals surface area contributed by atoms with E-state index in [1.807, 2.05) is 0 Å². The van der Waals surface area contributed by atoms with Gasteiger partial charge < -0.3 is 15.5 Å². The molecule has 4 nitrogen and oxygen atoms in total. The summed E-state index contributed by atoms with van der Waals surface area (Å²) in [6, 6.07) is 4.69. The molecule has 1 saturated heterocycles. The lowest BCUT2D eigenvalue weighted by Crippen LogP contribution is -2.48. The second-order valence-electron chi connectivity index (χ2n) is 6.53. The van der Waals surface area contributed by atoms with Crippen LogP contribution < -0.4 is 10.6 Å². The van der Waals surface area contributed by atoms with Gasteiger partial charge in [0.25, 0.3) is 0 Å². The van der Waals surface area contributed by atoms with Gasteiger partial charge in [-0.05, 0) is 37.0 Å². The number of hydrogen-bond donors (Lipinski definition) is 2. The molecule has 0 bridgehead atoms. The Hall–Kier alpha value is -1.14. The second-order valence-corrected chi connectivity index (χ2v) is 7.45. The van der Waals surface area contributed by atoms with Crippen molar-refractivity contribution in [1.82, 2.24) is 15.5 Å². The zero-order valence-corrected chi connectivity index (χ0v) is 15.3. The lowest BCUT2D eigenvalue weighted by Gasteiger charge is -2.33. The van der Waals surface area contributed by atoms with Crippen molar-refractivity contribution in [3.8, 4) is 0 Å². The van der Waals surface area contributed by atoms with E-state index < -0.39 is 0 Å². The van der Waals surface area contributed by atoms with Gasteiger partial charge in [0.2, 0.25) is 0 Å². The lowest BCUT2D eigenvalue weighted by molar-refractivity contribution is 0.178. The van der Waals surface area contributed by atoms with Crippen molar-refractivity contribution < 1.29 is 9.18 Å². The molecule has 0 unspecified atom stereocenters. The van der Waals surface area contributed by atoms with E-state index in [-0.39, 0.29) is 24.4 Å². The number of amides is 2. The number of carbonyl (C=O) groups is 1. The number of halogens is 2. The summed E-state index contributed by atoms with van der Waals surface area (Å²) in [5, 5.41) is 5.72. The molecule has 0 spiro atoms. The van der Waals surface area contributed by atoms with Crippen molar-refractivity contribution >= 4 is 22.0 Å². The molecule has 1 aliphatic heterocycles. The predicted octanol–water partition coefficient (Wildman–Crippen LogP) is 3.51. The SMILES string of the molecule is CC(C)CN1CCC(NC(=O)NCc2cc(Br)ccc2F)CC1. The Bertz CT molecular complexity index is 531. The van der Waals surface area contributed by atoms with Crippen LogP contribution in [0, 0.1) is 11.7 Å². The number of likely N-dealkylation sites (tertiary alicyclic amines) is 1. The molecule has 0 aromatic heterocycles. The Labute approximate surface area is 145 Å². The summed E-state index contributed by atoms with van der Waals surface area (Å²) < 4.78 is 14.4. The summed E-state index contributed by atoms with van der Waals surface area (Å²) in [5.41, 5.74) is 0.473. The maximum Gasteiger partial charge on any atom is 0.315 e. The first-order chi connectivity index (χ1) is 10.9. The normalized spacial score (nSPS) is 16.6. The highest BCUT2D eigenvalue weighted by atomic mass is 79.9. The number of carbonyl (C=O) groups excluding carboxylic acids is 1. The zero-order valence-electron chi connectivity index (χ0n) is 13.7. The van der Waals surface area contributed by atoms with Crippen LogP contribution in [0.2, 0.25) is 0 Å². The number of hydrogen-bond acceptors (Lipinski definition) is 2. The Kier molecular flexibility index (Phi) is 6.84. The quantitative estimate of drug-likeness (QED) is 0.814. The van der Waals surface area contributed by atoms with Gasteiger partial charge in [-0.3, -0.25) is 0 Å². The largest absolute Gasteiger partial charge is 0.335 e. The van der Waals surface area contributed by atoms with Crippen molar-refractivity contribution in [2.24, 2.45) is 5.92 Å². The molecule has 2 N–H and O–H groups in total. The fourth-order valence-corrected chi connectivity index (χ4v) is 3.28. The topological polar surface area (TPSA) is 44.4 Å². The Morgan fingerprint density at radius 1 is 1.39 bits per heavy atom. The molecular formula is C17H25BrFN3O. The fraction of sp³-hybridized carbons (Fsp3) is 0.588. The van der Waals surface area contributed by atoms with Crippen LogP contribution in [0.25, 0.3) is 0 Å². The predicted molar refractivity (Wildman–Crippen MR) is 93.8 cm³/mol. The number of urea groups is 1. The van der Waals surface area contributed by atoms with E-state index in [9.17, 15) is 9.18 Å². The van der Waals surface area contributed by atoms with Crippen molar-refractivity contribution in [2.75, 3.05) is 19.6 Å². The third-order valence-corrected chi connectivity index (χ3v) is 4.49. The first kappa shape index (κ1) is 18.2. The molecule has 1 aromatic rings. The molecule has 23 heavy (non-hydrogen) atoms. The summed E-state index contributed by atoms with van der Waals surface area (Å²) in [6.45, 7) is 7.77. The number of nitrogens with zero attached hydrogens (tertiary/aromatic N) is 1. The molecular weight excluding hydrogens is 361 g/mol. The lowest BCUT2D eigenvalue weighted by atomic mass is 10.0. The standard InChI is InChI=1S/C17H25BrFN3O/c1-12(2)11-22-7-5-15(6-8-22)21-17(23)20-10-13-9-14(18)3-4-16(13)19/h3-4,9,12,15H,5-8,10-11H2,1-2H3,(H2,20,21,23). The summed E-state index contributed by atoms with van der Waals surface area (Å²) in [7, 11) is 0. The van der Waals surface area contributed by atoms with Crippen molar-refractivity contribution in [1.29, 1.82) is 0 Å². The third kappa shape index (κ3) is 6.11. The minimum absolute atomic E-state index is 0.184. The molecule has 128 valence electrons. The van der Waals surface area contributed by atoms with Gasteiger partial charge >= 0.3 is 6.03 Å². The maximum atomic E-state index is 13.6. The monoisotopic (exact) mass is 385 g/mol. The van der Waals surface area contributed by atoms with Crippen LogP contribution >= 0.6 is 15.9 Å². The summed E-state index contributed by atoms with van der Waals surface area (Å²) in [5.74, 6) is 0.360. The Balaban J connectivity index is 1.72. The highest BCUT2D eigenvalue weighted by Crippen LogP contribution is 2.15. The van der Waals surface area contributed by atoms with Crippen LogP contribution in [0.3, 0.4) is 0 Å². The second kappa shape index (κ2) is 8.64. The first-order valence-corrected chi connectivity index (χ1v) is 8.94. The van der Waals surface area contributed by atoms with Gasteiger partial charge in [-0.25, -0.2) is 9.18 Å². The van der Waals surface area contributed by atoms with Crippen LogP contribution in [0.5, 0.6) is 0 Å². The Morgan fingerprint density at radius 3 is 2.74 bits per heavy atom. The van der Waals surface area contributed by atoms with E-state index in [1.54, 1.807) is 12.1 Å². The highest BCUT2D eigenvalue weighted by molar-refractivity contribution is 9.10. The van der Waals surface area contributed by atoms with E-state index in [0.29, 0.717) is 11.5 Å². The molecule has 1 fully saturated rings. The van der Waals surface area contributed by atoms with E-state index in [0.717, 1.165) is 36.9 Å². The van der Waals surface area contributed by atoms with E-state index in [2.05, 4.69) is 45.3 Å². The molecule has 6 heteroatoms. The van der Waals surface area contributed by atoms with Crippen LogP contribution in [0.1, 0.15) is 32.3 Å². The summed E-state index contributed by atoms with van der Waals surface area (Å²) in [6.07, 6.45) is 1.93. The van der Waals surface area contributed by atoms with Gasteiger partial charge in [-0.1, -0.05) is 29.8 Å². The van der Waals surface area contributed by atoms with Gasteiger partial charge in [0.1, 0.15) is 5.82 Å². The molecule has 1 aliphatic rings. The molecule has 1 aromatic carbocycles. The van der Waals surface area contributed by atoms with Crippen LogP contribution in [0.15, 0.2) is 22.7 Å². The van der Waals surface area contributed by atoms with Crippen LogP contribution in [-0.4, -0.2) is 36.6 Å². The number of nitrogens with one attached hydrogen (secondary N) is 2. The molecule has 0 radical (unpaired) electrons. The van der Waals surface area contributed by atoms with Crippen molar-refractivity contribution in [3.63, 3.8) is 0 Å². The average molecular weight is 386 g/mol. The van der Waals surface area contributed by atoms with Gasteiger partial charge in [-0.2, -0.15) is 0 Å². The van der Waals surface area contributed by atoms with Gasteiger partial charge in [0.05, 0.1) is 0 Å². The van der Waals surface area contributed by atoms with Gasteiger partial charge in [-0.15, -0.1) is 0 Å². The summed E-state index contributed by atoms with van der Waals surface area (Å²) in [4.78, 5) is 14.4. The third-order valence-electron chi connectivity index (χ3n) is 3.99. The average Bonchev–Trinajstić information content (AvgIpc) is 2.50. The van der Waals surface area contributed by atoms with E-state index >= 15 is 0 Å². The maximum absolute atomic E-state index is 13.6. The zero-order chi connectivity index (χ0) is 16.8. The van der Waals surface area contributed by atoms with Crippen molar-refractivity contribution in [3.05, 3.63) is 34.1 Å². The highest BCUT2D eigenvalue weighted by Gasteiger charge is 2.20. The Morgan fingerprint density at radius 2 is 2.09 bits per heavy atom. The molecule has 0 atom stereocenters. The number of piperidine rings is 1. The van der Waals surface area contributed by atoms with Crippen LogP contribution in [0.4, 0.5) is 9.18 Å². The van der Waals surface area contributed by atoms with E-state index in [1.165, 1.54) is 6.07 Å². The van der Waals surface area contributed by atoms with Crippen LogP contribution in [-0.2, 0) is 6.54 Å². The fourth-order valence-electron chi connectivity index (χ4n) is 2.87. The van der Waals surface area contributed by atoms with Crippen molar-refractivity contribution in [2.45, 2.75) is 39.3 Å². The molecule has 0 saturated carbocycles. The molecule has 1 heterocycles. The minimum atomic E-state index is -0.310. The molecule has 0 aliphatic carbocycles. The van der Waals surface area contributed by atoms with Gasteiger partial charge in [0, 0.05) is 42.3 Å². The first-order valence-electron chi connectivity index (χ1n) is 8.14.